The quantitative estimate of drug-likeness (QED) is 0.803. The number of urea groups is 1. The van der Waals surface area contributed by atoms with Gasteiger partial charge in [0.05, 0.1) is 6.10 Å². The second-order valence-electron chi connectivity index (χ2n) is 5.83. The molecular formula is C15H29ClN4O3. The minimum atomic E-state index is -0.349. The minimum absolute atomic E-state index is 0. The van der Waals surface area contributed by atoms with Crippen LogP contribution < -0.4 is 5.73 Å². The number of hydrogen-bond acceptors (Lipinski definition) is 4. The van der Waals surface area contributed by atoms with E-state index in [1.807, 2.05) is 28.5 Å². The van der Waals surface area contributed by atoms with E-state index in [9.17, 15) is 9.59 Å². The van der Waals surface area contributed by atoms with E-state index in [1.54, 1.807) is 0 Å². The van der Waals surface area contributed by atoms with Crippen molar-refractivity contribution in [3.05, 3.63) is 0 Å². The predicted octanol–water partition coefficient (Wildman–Crippen LogP) is 0.521. The molecule has 2 rings (SSSR count). The molecule has 8 heteroatoms. The molecule has 2 aliphatic rings. The van der Waals surface area contributed by atoms with E-state index < -0.39 is 0 Å². The van der Waals surface area contributed by atoms with Gasteiger partial charge < -0.3 is 25.2 Å². The SMILES string of the molecule is CCN(CC)C(=O)N1CCN(C(=O)[C@@H]2CC[C@H](CN)O2)CC1.Cl. The summed E-state index contributed by atoms with van der Waals surface area (Å²) < 4.78 is 5.67. The van der Waals surface area contributed by atoms with Gasteiger partial charge in [0.2, 0.25) is 0 Å². The highest BCUT2D eigenvalue weighted by atomic mass is 35.5. The molecule has 2 N–H and O–H groups in total. The maximum atomic E-state index is 12.4. The van der Waals surface area contributed by atoms with Crippen LogP contribution in [0.1, 0.15) is 26.7 Å². The van der Waals surface area contributed by atoms with Gasteiger partial charge in [-0.25, -0.2) is 4.79 Å². The van der Waals surface area contributed by atoms with Crippen LogP contribution in [-0.2, 0) is 9.53 Å². The van der Waals surface area contributed by atoms with Gasteiger partial charge in [-0.15, -0.1) is 12.4 Å². The molecule has 0 aromatic rings. The molecule has 7 nitrogen and oxygen atoms in total. The Morgan fingerprint density at radius 2 is 1.65 bits per heavy atom. The molecular weight excluding hydrogens is 320 g/mol. The molecule has 2 fully saturated rings. The van der Waals surface area contributed by atoms with Crippen LogP contribution in [0.25, 0.3) is 0 Å². The van der Waals surface area contributed by atoms with Gasteiger partial charge >= 0.3 is 6.03 Å². The second kappa shape index (κ2) is 9.30. The van der Waals surface area contributed by atoms with Gasteiger partial charge in [0.1, 0.15) is 6.10 Å². The summed E-state index contributed by atoms with van der Waals surface area (Å²) >= 11 is 0. The summed E-state index contributed by atoms with van der Waals surface area (Å²) in [5, 5.41) is 0. The molecule has 2 heterocycles. The Morgan fingerprint density at radius 3 is 2.13 bits per heavy atom. The van der Waals surface area contributed by atoms with Crippen LogP contribution in [0.3, 0.4) is 0 Å². The molecule has 3 amide bonds. The van der Waals surface area contributed by atoms with E-state index in [2.05, 4.69) is 0 Å². The smallest absolute Gasteiger partial charge is 0.320 e. The molecule has 134 valence electrons. The number of nitrogens with two attached hydrogens (primary N) is 1. The number of hydrogen-bond donors (Lipinski definition) is 1. The van der Waals surface area contributed by atoms with Crippen LogP contribution in [-0.4, -0.2) is 84.7 Å². The zero-order chi connectivity index (χ0) is 16.1. The third kappa shape index (κ3) is 4.71. The second-order valence-corrected chi connectivity index (χ2v) is 5.83. The maximum Gasteiger partial charge on any atom is 0.320 e. The van der Waals surface area contributed by atoms with Crippen LogP contribution >= 0.6 is 12.4 Å². The monoisotopic (exact) mass is 348 g/mol. The Morgan fingerprint density at radius 1 is 1.09 bits per heavy atom. The van der Waals surface area contributed by atoms with Gasteiger partial charge in [-0.2, -0.15) is 0 Å². The zero-order valence-corrected chi connectivity index (χ0v) is 14.9. The van der Waals surface area contributed by atoms with Crippen molar-refractivity contribution in [3.63, 3.8) is 0 Å². The van der Waals surface area contributed by atoms with Gasteiger partial charge in [-0.3, -0.25) is 4.79 Å². The third-order valence-corrected chi connectivity index (χ3v) is 4.54. The molecule has 0 aromatic carbocycles. The summed E-state index contributed by atoms with van der Waals surface area (Å²) in [5.41, 5.74) is 5.58. The number of carbonyl (C=O) groups excluding carboxylic acids is 2. The molecule has 0 spiro atoms. The van der Waals surface area contributed by atoms with E-state index in [4.69, 9.17) is 10.5 Å². The van der Waals surface area contributed by atoms with E-state index in [0.29, 0.717) is 45.8 Å². The number of rotatable bonds is 4. The Bertz CT molecular complexity index is 398. The predicted molar refractivity (Wildman–Crippen MR) is 90.7 cm³/mol. The van der Waals surface area contributed by atoms with Crippen molar-refractivity contribution in [2.45, 2.75) is 38.9 Å². The first-order valence-electron chi connectivity index (χ1n) is 8.28. The molecule has 2 aliphatic heterocycles. The summed E-state index contributed by atoms with van der Waals surface area (Å²) in [7, 11) is 0. The Hall–Kier alpha value is -1.05. The van der Waals surface area contributed by atoms with Crippen molar-refractivity contribution in [3.8, 4) is 0 Å². The van der Waals surface area contributed by atoms with Crippen LogP contribution in [0, 0.1) is 0 Å². The summed E-state index contributed by atoms with van der Waals surface area (Å²) in [6, 6.07) is 0.0670. The largest absolute Gasteiger partial charge is 0.364 e. The molecule has 0 unspecified atom stereocenters. The van der Waals surface area contributed by atoms with E-state index in [1.165, 1.54) is 0 Å². The fraction of sp³-hybridized carbons (Fsp3) is 0.867. The van der Waals surface area contributed by atoms with Crippen molar-refractivity contribution in [1.29, 1.82) is 0 Å². The highest BCUT2D eigenvalue weighted by Gasteiger charge is 2.34. The summed E-state index contributed by atoms with van der Waals surface area (Å²) in [5.74, 6) is 0.0471. The number of ether oxygens (including phenoxy) is 1. The van der Waals surface area contributed by atoms with Crippen molar-refractivity contribution in [1.82, 2.24) is 14.7 Å². The lowest BCUT2D eigenvalue weighted by atomic mass is 10.1. The first kappa shape index (κ1) is 20.0. The maximum absolute atomic E-state index is 12.4. The van der Waals surface area contributed by atoms with Crippen molar-refractivity contribution >= 4 is 24.3 Å². The van der Waals surface area contributed by atoms with Crippen molar-refractivity contribution in [2.75, 3.05) is 45.8 Å². The van der Waals surface area contributed by atoms with Gasteiger partial charge in [-0.05, 0) is 26.7 Å². The van der Waals surface area contributed by atoms with E-state index >= 15 is 0 Å². The summed E-state index contributed by atoms with van der Waals surface area (Å²) in [6.45, 7) is 8.20. The topological polar surface area (TPSA) is 79.1 Å². The summed E-state index contributed by atoms with van der Waals surface area (Å²) in [4.78, 5) is 30.2. The van der Waals surface area contributed by atoms with Crippen molar-refractivity contribution in [2.24, 2.45) is 5.73 Å². The lowest BCUT2D eigenvalue weighted by Gasteiger charge is -2.37. The summed E-state index contributed by atoms with van der Waals surface area (Å²) in [6.07, 6.45) is 1.27. The number of carbonyl (C=O) groups is 2. The fourth-order valence-electron chi connectivity index (χ4n) is 3.08. The number of nitrogens with zero attached hydrogens (tertiary/aromatic N) is 3. The van der Waals surface area contributed by atoms with Crippen LogP contribution in [0.2, 0.25) is 0 Å². The molecule has 0 aromatic heterocycles. The number of piperazine rings is 1. The molecule has 0 radical (unpaired) electrons. The molecule has 0 aliphatic carbocycles. The van der Waals surface area contributed by atoms with Gasteiger partial charge in [0, 0.05) is 45.8 Å². The fourth-order valence-corrected chi connectivity index (χ4v) is 3.08. The van der Waals surface area contributed by atoms with Gasteiger partial charge in [0.15, 0.2) is 0 Å². The first-order chi connectivity index (χ1) is 10.6. The molecule has 0 bridgehead atoms. The standard InChI is InChI=1S/C15H28N4O3.ClH/c1-3-17(4-2)15(21)19-9-7-18(8-10-19)14(20)13-6-5-12(11-16)22-13;/h12-13H,3-11,16H2,1-2H3;1H/t12-,13+;/m1./s1. The Kier molecular flexibility index (Phi) is 8.08. The third-order valence-electron chi connectivity index (χ3n) is 4.54. The first-order valence-corrected chi connectivity index (χ1v) is 8.28. The Labute approximate surface area is 144 Å². The van der Waals surface area contributed by atoms with Crippen LogP contribution in [0.5, 0.6) is 0 Å². The van der Waals surface area contributed by atoms with Gasteiger partial charge in [0.25, 0.3) is 5.91 Å². The van der Waals surface area contributed by atoms with Crippen LogP contribution in [0.4, 0.5) is 4.79 Å². The highest BCUT2D eigenvalue weighted by molar-refractivity contribution is 5.85. The molecule has 0 saturated carbocycles. The van der Waals surface area contributed by atoms with E-state index in [-0.39, 0.29) is 36.6 Å². The van der Waals surface area contributed by atoms with Crippen molar-refractivity contribution < 1.29 is 14.3 Å². The number of amides is 3. The van der Waals surface area contributed by atoms with Gasteiger partial charge in [-0.1, -0.05) is 0 Å². The minimum Gasteiger partial charge on any atom is -0.364 e. The Balaban J connectivity index is 0.00000264. The van der Waals surface area contributed by atoms with E-state index in [0.717, 1.165) is 12.8 Å². The molecule has 2 atom stereocenters. The lowest BCUT2D eigenvalue weighted by molar-refractivity contribution is -0.144. The normalized spacial score (nSPS) is 24.3. The average Bonchev–Trinajstić information content (AvgIpc) is 3.04. The molecule has 23 heavy (non-hydrogen) atoms. The highest BCUT2D eigenvalue weighted by Crippen LogP contribution is 2.21. The lowest BCUT2D eigenvalue weighted by Crippen LogP contribution is -2.55. The number of halogens is 1. The molecule has 2 saturated heterocycles. The average molecular weight is 349 g/mol. The van der Waals surface area contributed by atoms with Crippen LogP contribution in [0.15, 0.2) is 0 Å². The zero-order valence-electron chi connectivity index (χ0n) is 14.1.